The van der Waals surface area contributed by atoms with Crippen LogP contribution >= 0.6 is 0 Å². The lowest BCUT2D eigenvalue weighted by molar-refractivity contribution is 0.304. The molecule has 1 aromatic heterocycles. The number of phenols is 1. The van der Waals surface area contributed by atoms with Crippen LogP contribution < -0.4 is 9.47 Å². The summed E-state index contributed by atoms with van der Waals surface area (Å²) in [5, 5.41) is 17.5. The molecular formula is C24H22N2O3. The van der Waals surface area contributed by atoms with Crippen LogP contribution in [0.3, 0.4) is 0 Å². The zero-order valence-electron chi connectivity index (χ0n) is 16.3. The molecule has 0 saturated heterocycles. The van der Waals surface area contributed by atoms with Crippen LogP contribution in [-0.2, 0) is 6.61 Å². The maximum Gasteiger partial charge on any atom is 0.173 e. The van der Waals surface area contributed by atoms with Crippen LogP contribution in [0.4, 0.5) is 0 Å². The second kappa shape index (κ2) is 8.10. The first-order valence-electron chi connectivity index (χ1n) is 9.38. The molecule has 0 atom stereocenters. The van der Waals surface area contributed by atoms with E-state index in [1.54, 1.807) is 18.3 Å². The van der Waals surface area contributed by atoms with Crippen molar-refractivity contribution in [3.63, 3.8) is 0 Å². The van der Waals surface area contributed by atoms with Gasteiger partial charge in [0.1, 0.15) is 29.5 Å². The van der Waals surface area contributed by atoms with E-state index in [9.17, 15) is 5.11 Å². The summed E-state index contributed by atoms with van der Waals surface area (Å²) in [7, 11) is 0. The molecule has 4 rings (SSSR count). The predicted molar refractivity (Wildman–Crippen MR) is 112 cm³/mol. The molecule has 0 saturated carbocycles. The number of nitrogens with one attached hydrogen (secondary N) is 1. The van der Waals surface area contributed by atoms with E-state index in [0.29, 0.717) is 35.1 Å². The van der Waals surface area contributed by atoms with E-state index >= 15 is 0 Å². The van der Waals surface area contributed by atoms with Crippen LogP contribution in [0.2, 0.25) is 0 Å². The monoisotopic (exact) mass is 386 g/mol. The first-order chi connectivity index (χ1) is 14.1. The van der Waals surface area contributed by atoms with Gasteiger partial charge >= 0.3 is 0 Å². The van der Waals surface area contributed by atoms with Gasteiger partial charge in [0, 0.05) is 11.6 Å². The lowest BCUT2D eigenvalue weighted by atomic mass is 10.1. The topological polar surface area (TPSA) is 67.4 Å². The largest absolute Gasteiger partial charge is 0.507 e. The van der Waals surface area contributed by atoms with Crippen molar-refractivity contribution in [3.8, 4) is 34.3 Å². The van der Waals surface area contributed by atoms with Gasteiger partial charge in [0.25, 0.3) is 0 Å². The zero-order chi connectivity index (χ0) is 20.2. The zero-order valence-corrected chi connectivity index (χ0v) is 16.3. The summed E-state index contributed by atoms with van der Waals surface area (Å²) in [6.07, 6.45) is 1.60. The number of H-pyrrole nitrogens is 1. The highest BCUT2D eigenvalue weighted by molar-refractivity contribution is 5.73. The molecule has 0 bridgehead atoms. The van der Waals surface area contributed by atoms with Crippen molar-refractivity contribution < 1.29 is 14.6 Å². The molecule has 1 heterocycles. The molecular weight excluding hydrogens is 364 g/mol. The molecule has 0 aliphatic rings. The smallest absolute Gasteiger partial charge is 0.173 e. The summed E-state index contributed by atoms with van der Waals surface area (Å²) in [6.45, 7) is 4.49. The van der Waals surface area contributed by atoms with E-state index in [2.05, 4.69) is 10.2 Å². The van der Waals surface area contributed by atoms with Crippen molar-refractivity contribution in [2.45, 2.75) is 20.5 Å². The molecule has 3 aromatic carbocycles. The fraction of sp³-hybridized carbons (Fsp3) is 0.125. The number of hydrogen-bond donors (Lipinski definition) is 2. The molecule has 0 aliphatic carbocycles. The highest BCUT2D eigenvalue weighted by Gasteiger charge is 2.15. The van der Waals surface area contributed by atoms with Gasteiger partial charge in [-0.25, -0.2) is 0 Å². The number of aryl methyl sites for hydroxylation is 2. The SMILES string of the molecule is Cc1ccc(COc2ccc(-c3[nH]ncc3Oc3cccc(C)c3)c(O)c2)cc1. The molecule has 4 aromatic rings. The fourth-order valence-corrected chi connectivity index (χ4v) is 3.01. The van der Waals surface area contributed by atoms with Gasteiger partial charge in [-0.1, -0.05) is 42.0 Å². The molecule has 29 heavy (non-hydrogen) atoms. The number of nitrogens with zero attached hydrogens (tertiary/aromatic N) is 1. The lowest BCUT2D eigenvalue weighted by Crippen LogP contribution is -1.95. The van der Waals surface area contributed by atoms with Gasteiger partial charge in [0.2, 0.25) is 0 Å². The summed E-state index contributed by atoms with van der Waals surface area (Å²) in [4.78, 5) is 0. The van der Waals surface area contributed by atoms with Gasteiger partial charge in [-0.15, -0.1) is 0 Å². The Hall–Kier alpha value is -3.73. The maximum absolute atomic E-state index is 10.5. The van der Waals surface area contributed by atoms with Gasteiger partial charge in [0.15, 0.2) is 5.75 Å². The number of benzene rings is 3. The van der Waals surface area contributed by atoms with Gasteiger partial charge in [-0.05, 0) is 49.2 Å². The predicted octanol–water partition coefficient (Wildman–Crippen LogP) is 5.77. The van der Waals surface area contributed by atoms with Crippen LogP contribution in [0.15, 0.2) is 72.9 Å². The van der Waals surface area contributed by atoms with Crippen LogP contribution in [0.1, 0.15) is 16.7 Å². The fourth-order valence-electron chi connectivity index (χ4n) is 3.01. The third-order valence-corrected chi connectivity index (χ3v) is 4.59. The Balaban J connectivity index is 1.51. The standard InChI is InChI=1S/C24H22N2O3/c1-16-6-8-18(9-7-16)15-28-19-10-11-21(22(27)13-19)24-23(14-25-26-24)29-20-5-3-4-17(2)12-20/h3-14,27H,15H2,1-2H3,(H,25,26). The molecule has 0 fully saturated rings. The van der Waals surface area contributed by atoms with E-state index in [1.165, 1.54) is 5.56 Å². The molecule has 0 spiro atoms. The summed E-state index contributed by atoms with van der Waals surface area (Å²) >= 11 is 0. The van der Waals surface area contributed by atoms with Crippen LogP contribution in [0, 0.1) is 13.8 Å². The second-order valence-corrected chi connectivity index (χ2v) is 6.98. The minimum absolute atomic E-state index is 0.0877. The number of aromatic amines is 1. The molecule has 0 amide bonds. The Labute approximate surface area is 169 Å². The minimum Gasteiger partial charge on any atom is -0.507 e. The quantitative estimate of drug-likeness (QED) is 0.441. The first kappa shape index (κ1) is 18.6. The summed E-state index contributed by atoms with van der Waals surface area (Å²) in [6, 6.07) is 21.1. The van der Waals surface area contributed by atoms with Crippen molar-refractivity contribution in [2.24, 2.45) is 0 Å². The summed E-state index contributed by atoms with van der Waals surface area (Å²) in [5.74, 6) is 1.93. The highest BCUT2D eigenvalue weighted by atomic mass is 16.5. The highest BCUT2D eigenvalue weighted by Crippen LogP contribution is 2.38. The number of aromatic hydroxyl groups is 1. The van der Waals surface area contributed by atoms with Crippen molar-refractivity contribution >= 4 is 0 Å². The summed E-state index contributed by atoms with van der Waals surface area (Å²) in [5.41, 5.74) is 4.58. The second-order valence-electron chi connectivity index (χ2n) is 6.98. The molecule has 0 unspecified atom stereocenters. The number of phenolic OH excluding ortho intramolecular Hbond substituents is 1. The lowest BCUT2D eigenvalue weighted by Gasteiger charge is -2.11. The molecule has 2 N–H and O–H groups in total. The number of aromatic nitrogens is 2. The van der Waals surface area contributed by atoms with Crippen molar-refractivity contribution in [1.82, 2.24) is 10.2 Å². The Morgan fingerprint density at radius 3 is 2.48 bits per heavy atom. The number of hydrogen-bond acceptors (Lipinski definition) is 4. The molecule has 0 radical (unpaired) electrons. The van der Waals surface area contributed by atoms with Gasteiger partial charge in [0.05, 0.1) is 6.20 Å². The Kier molecular flexibility index (Phi) is 5.20. The van der Waals surface area contributed by atoms with Gasteiger partial charge in [-0.3, -0.25) is 5.10 Å². The normalized spacial score (nSPS) is 10.7. The van der Waals surface area contributed by atoms with Crippen LogP contribution in [0.25, 0.3) is 11.3 Å². The van der Waals surface area contributed by atoms with Crippen LogP contribution in [0.5, 0.6) is 23.0 Å². The maximum atomic E-state index is 10.5. The van der Waals surface area contributed by atoms with E-state index in [-0.39, 0.29) is 5.75 Å². The minimum atomic E-state index is 0.0877. The average Bonchev–Trinajstić information content (AvgIpc) is 3.15. The Morgan fingerprint density at radius 1 is 0.897 bits per heavy atom. The van der Waals surface area contributed by atoms with Gasteiger partial charge < -0.3 is 14.6 Å². The van der Waals surface area contributed by atoms with Crippen molar-refractivity contribution in [2.75, 3.05) is 0 Å². The number of rotatable bonds is 6. The van der Waals surface area contributed by atoms with Gasteiger partial charge in [-0.2, -0.15) is 5.10 Å². The summed E-state index contributed by atoms with van der Waals surface area (Å²) < 4.78 is 11.8. The van der Waals surface area contributed by atoms with Crippen LogP contribution in [-0.4, -0.2) is 15.3 Å². The Bertz CT molecular complexity index is 1120. The molecule has 146 valence electrons. The van der Waals surface area contributed by atoms with E-state index in [0.717, 1.165) is 11.1 Å². The molecule has 5 heteroatoms. The van der Waals surface area contributed by atoms with E-state index in [1.807, 2.05) is 68.4 Å². The molecule has 5 nitrogen and oxygen atoms in total. The van der Waals surface area contributed by atoms with Crippen molar-refractivity contribution in [3.05, 3.63) is 89.6 Å². The third kappa shape index (κ3) is 4.41. The first-order valence-corrected chi connectivity index (χ1v) is 9.38. The average molecular weight is 386 g/mol. The Morgan fingerprint density at radius 2 is 1.72 bits per heavy atom. The molecule has 0 aliphatic heterocycles. The van der Waals surface area contributed by atoms with E-state index in [4.69, 9.17) is 9.47 Å². The van der Waals surface area contributed by atoms with E-state index < -0.39 is 0 Å². The third-order valence-electron chi connectivity index (χ3n) is 4.59. The van der Waals surface area contributed by atoms with Crippen molar-refractivity contribution in [1.29, 1.82) is 0 Å². The number of ether oxygens (including phenoxy) is 2.